The second-order valence-electron chi connectivity index (χ2n) is 3.73. The summed E-state index contributed by atoms with van der Waals surface area (Å²) in [6, 6.07) is 13.4. The molecule has 0 amide bonds. The number of nitrogen functional groups attached to an aromatic ring is 1. The normalized spacial score (nSPS) is 10.8. The molecule has 0 fully saturated rings. The zero-order chi connectivity index (χ0) is 11.8. The van der Waals surface area contributed by atoms with E-state index in [4.69, 9.17) is 5.73 Å². The van der Waals surface area contributed by atoms with Crippen LogP contribution in [0.2, 0.25) is 0 Å². The molecule has 0 saturated heterocycles. The topological polar surface area (TPSA) is 59.1 Å². The summed E-state index contributed by atoms with van der Waals surface area (Å²) in [7, 11) is 0. The molecule has 84 valence electrons. The summed E-state index contributed by atoms with van der Waals surface area (Å²) in [6.07, 6.45) is 0. The fourth-order valence-corrected chi connectivity index (χ4v) is 2.70. The van der Waals surface area contributed by atoms with Crippen LogP contribution in [0.3, 0.4) is 0 Å². The van der Waals surface area contributed by atoms with Crippen molar-refractivity contribution in [3.8, 4) is 16.3 Å². The number of aromatic nitrogens is 1. The molecule has 3 aromatic rings. The van der Waals surface area contributed by atoms with Crippen LogP contribution in [0, 0.1) is 0 Å². The summed E-state index contributed by atoms with van der Waals surface area (Å²) in [5.74, 6) is 0.0856. The first-order chi connectivity index (χ1) is 8.25. The molecule has 0 atom stereocenters. The number of hydrogen-bond acceptors (Lipinski definition) is 4. The van der Waals surface area contributed by atoms with Gasteiger partial charge in [0.05, 0.1) is 4.70 Å². The van der Waals surface area contributed by atoms with Gasteiger partial charge in [0, 0.05) is 5.56 Å². The molecule has 0 bridgehead atoms. The lowest BCUT2D eigenvalue weighted by Crippen LogP contribution is -1.86. The average Bonchev–Trinajstić information content (AvgIpc) is 2.80. The lowest BCUT2D eigenvalue weighted by atomic mass is 10.2. The van der Waals surface area contributed by atoms with Crippen LogP contribution in [0.4, 0.5) is 5.69 Å². The third-order valence-electron chi connectivity index (χ3n) is 2.60. The SMILES string of the molecule is Nc1c(O)ccc2sc(-c3ccccc3)nc12. The third kappa shape index (κ3) is 1.62. The molecule has 17 heavy (non-hydrogen) atoms. The van der Waals surface area contributed by atoms with E-state index < -0.39 is 0 Å². The van der Waals surface area contributed by atoms with Crippen LogP contribution < -0.4 is 5.73 Å². The molecule has 4 heteroatoms. The second-order valence-corrected chi connectivity index (χ2v) is 4.76. The van der Waals surface area contributed by atoms with Crippen LogP contribution in [0.25, 0.3) is 20.8 Å². The summed E-state index contributed by atoms with van der Waals surface area (Å²) in [6.45, 7) is 0. The molecular formula is C13H10N2OS. The smallest absolute Gasteiger partial charge is 0.140 e. The maximum absolute atomic E-state index is 9.54. The van der Waals surface area contributed by atoms with Crippen LogP contribution in [-0.2, 0) is 0 Å². The van der Waals surface area contributed by atoms with Crippen LogP contribution in [0.1, 0.15) is 0 Å². The van der Waals surface area contributed by atoms with Gasteiger partial charge in [0.2, 0.25) is 0 Å². The standard InChI is InChI=1S/C13H10N2OS/c14-11-9(16)6-7-10-12(11)15-13(17-10)8-4-2-1-3-5-8/h1-7,16H,14H2. The largest absolute Gasteiger partial charge is 0.506 e. The predicted octanol–water partition coefficient (Wildman–Crippen LogP) is 3.25. The van der Waals surface area contributed by atoms with E-state index in [9.17, 15) is 5.11 Å². The number of benzene rings is 2. The van der Waals surface area contributed by atoms with E-state index in [0.717, 1.165) is 15.3 Å². The highest BCUT2D eigenvalue weighted by molar-refractivity contribution is 7.21. The van der Waals surface area contributed by atoms with Crippen molar-refractivity contribution in [2.24, 2.45) is 0 Å². The summed E-state index contributed by atoms with van der Waals surface area (Å²) in [5.41, 5.74) is 7.89. The monoisotopic (exact) mass is 242 g/mol. The molecular weight excluding hydrogens is 232 g/mol. The number of anilines is 1. The van der Waals surface area contributed by atoms with Crippen LogP contribution in [0.15, 0.2) is 42.5 Å². The predicted molar refractivity (Wildman–Crippen MR) is 71.1 cm³/mol. The van der Waals surface area contributed by atoms with Crippen LogP contribution >= 0.6 is 11.3 Å². The van der Waals surface area contributed by atoms with Crippen molar-refractivity contribution in [2.75, 3.05) is 5.73 Å². The number of hydrogen-bond donors (Lipinski definition) is 2. The minimum Gasteiger partial charge on any atom is -0.506 e. The van der Waals surface area contributed by atoms with Gasteiger partial charge in [0.1, 0.15) is 22.0 Å². The van der Waals surface area contributed by atoms with E-state index in [0.29, 0.717) is 11.2 Å². The number of phenols is 1. The van der Waals surface area contributed by atoms with Crippen LogP contribution in [0.5, 0.6) is 5.75 Å². The Morgan fingerprint density at radius 3 is 2.59 bits per heavy atom. The maximum Gasteiger partial charge on any atom is 0.140 e. The molecule has 0 spiro atoms. The van der Waals surface area contributed by atoms with Gasteiger partial charge < -0.3 is 10.8 Å². The Morgan fingerprint density at radius 2 is 1.82 bits per heavy atom. The van der Waals surface area contributed by atoms with Gasteiger partial charge in [-0.25, -0.2) is 4.98 Å². The molecule has 3 N–H and O–H groups in total. The molecule has 1 aromatic heterocycles. The van der Waals surface area contributed by atoms with Gasteiger partial charge in [-0.1, -0.05) is 30.3 Å². The molecule has 2 aromatic carbocycles. The molecule has 0 aliphatic carbocycles. The first kappa shape index (κ1) is 10.1. The van der Waals surface area contributed by atoms with Gasteiger partial charge >= 0.3 is 0 Å². The van der Waals surface area contributed by atoms with Gasteiger partial charge in [-0.3, -0.25) is 0 Å². The number of aromatic hydroxyl groups is 1. The Labute approximate surface area is 102 Å². The highest BCUT2D eigenvalue weighted by atomic mass is 32.1. The van der Waals surface area contributed by atoms with Crippen molar-refractivity contribution in [3.05, 3.63) is 42.5 Å². The number of nitrogens with zero attached hydrogens (tertiary/aromatic N) is 1. The Hall–Kier alpha value is -2.07. The van der Waals surface area contributed by atoms with Crippen LogP contribution in [-0.4, -0.2) is 10.1 Å². The van der Waals surface area contributed by atoms with E-state index in [1.165, 1.54) is 0 Å². The first-order valence-corrected chi connectivity index (χ1v) is 6.01. The first-order valence-electron chi connectivity index (χ1n) is 5.19. The maximum atomic E-state index is 9.54. The molecule has 0 unspecified atom stereocenters. The van der Waals surface area contributed by atoms with Gasteiger partial charge in [0.25, 0.3) is 0 Å². The highest BCUT2D eigenvalue weighted by Gasteiger charge is 2.10. The average molecular weight is 242 g/mol. The molecule has 0 aliphatic heterocycles. The zero-order valence-corrected chi connectivity index (χ0v) is 9.74. The van der Waals surface area contributed by atoms with E-state index in [1.54, 1.807) is 17.4 Å². The minimum absolute atomic E-state index is 0.0856. The fourth-order valence-electron chi connectivity index (χ4n) is 1.71. The molecule has 1 heterocycles. The molecule has 0 radical (unpaired) electrons. The third-order valence-corrected chi connectivity index (χ3v) is 3.67. The van der Waals surface area contributed by atoms with Crippen molar-refractivity contribution < 1.29 is 5.11 Å². The summed E-state index contributed by atoms with van der Waals surface area (Å²) in [4.78, 5) is 4.48. The van der Waals surface area contributed by atoms with Crippen molar-refractivity contribution in [3.63, 3.8) is 0 Å². The molecule has 0 saturated carbocycles. The number of phenolic OH excluding ortho intramolecular Hbond substituents is 1. The lowest BCUT2D eigenvalue weighted by molar-refractivity contribution is 0.478. The molecule has 0 aliphatic rings. The second kappa shape index (κ2) is 3.75. The van der Waals surface area contributed by atoms with E-state index >= 15 is 0 Å². The van der Waals surface area contributed by atoms with Crippen molar-refractivity contribution in [2.45, 2.75) is 0 Å². The van der Waals surface area contributed by atoms with Crippen molar-refractivity contribution in [1.29, 1.82) is 0 Å². The fraction of sp³-hybridized carbons (Fsp3) is 0. The Kier molecular flexibility index (Phi) is 2.23. The minimum atomic E-state index is 0.0856. The molecule has 3 nitrogen and oxygen atoms in total. The zero-order valence-electron chi connectivity index (χ0n) is 8.92. The lowest BCUT2D eigenvalue weighted by Gasteiger charge is -1.97. The van der Waals surface area contributed by atoms with Gasteiger partial charge in [-0.15, -0.1) is 11.3 Å². The summed E-state index contributed by atoms with van der Waals surface area (Å²) >= 11 is 1.57. The van der Waals surface area contributed by atoms with Crippen molar-refractivity contribution >= 4 is 27.2 Å². The summed E-state index contributed by atoms with van der Waals surface area (Å²) in [5, 5.41) is 10.5. The quantitative estimate of drug-likeness (QED) is 0.508. The Balaban J connectivity index is 2.24. The van der Waals surface area contributed by atoms with E-state index in [-0.39, 0.29) is 5.75 Å². The number of fused-ring (bicyclic) bond motifs is 1. The van der Waals surface area contributed by atoms with Gasteiger partial charge in [0.15, 0.2) is 0 Å². The summed E-state index contributed by atoms with van der Waals surface area (Å²) < 4.78 is 0.985. The van der Waals surface area contributed by atoms with Crippen molar-refractivity contribution in [1.82, 2.24) is 4.98 Å². The highest BCUT2D eigenvalue weighted by Crippen LogP contribution is 2.36. The van der Waals surface area contributed by atoms with Gasteiger partial charge in [-0.05, 0) is 12.1 Å². The van der Waals surface area contributed by atoms with E-state index in [2.05, 4.69) is 4.98 Å². The van der Waals surface area contributed by atoms with Gasteiger partial charge in [-0.2, -0.15) is 0 Å². The Morgan fingerprint density at radius 1 is 1.06 bits per heavy atom. The molecule has 3 rings (SSSR count). The number of nitrogens with two attached hydrogens (primary N) is 1. The van der Waals surface area contributed by atoms with E-state index in [1.807, 2.05) is 36.4 Å². The number of rotatable bonds is 1. The Bertz CT molecular complexity index is 676. The number of thiazole rings is 1.